The van der Waals surface area contributed by atoms with Crippen LogP contribution in [0.3, 0.4) is 0 Å². The summed E-state index contributed by atoms with van der Waals surface area (Å²) in [6, 6.07) is 14.6. The average molecular weight is 253 g/mol. The van der Waals surface area contributed by atoms with Gasteiger partial charge in [-0.2, -0.15) is 0 Å². The van der Waals surface area contributed by atoms with Crippen LogP contribution in [0.25, 0.3) is 0 Å². The van der Waals surface area contributed by atoms with Crippen LogP contribution < -0.4 is 10.5 Å². The highest BCUT2D eigenvalue weighted by Crippen LogP contribution is 2.35. The topological polar surface area (TPSA) is 35.2 Å². The van der Waals surface area contributed by atoms with Gasteiger partial charge in [-0.05, 0) is 23.1 Å². The van der Waals surface area contributed by atoms with Crippen LogP contribution in [-0.2, 0) is 12.8 Å². The monoisotopic (exact) mass is 253 g/mol. The van der Waals surface area contributed by atoms with E-state index in [0.29, 0.717) is 0 Å². The van der Waals surface area contributed by atoms with Gasteiger partial charge in [-0.25, -0.2) is 0 Å². The summed E-state index contributed by atoms with van der Waals surface area (Å²) in [5.74, 6) is 1.00. The minimum atomic E-state index is -0.107. The average Bonchev–Trinajstić information content (AvgIpc) is 2.94. The summed E-state index contributed by atoms with van der Waals surface area (Å²) in [6.45, 7) is 2.94. The number of para-hydroxylation sites is 1. The molecule has 0 saturated carbocycles. The summed E-state index contributed by atoms with van der Waals surface area (Å²) in [5, 5.41) is 0. The SMILES string of the molecule is CCc1ccccc1C(N)c1cccc2c1OCC2. The maximum atomic E-state index is 6.49. The van der Waals surface area contributed by atoms with E-state index in [1.165, 1.54) is 16.7 Å². The third-order valence-electron chi connectivity index (χ3n) is 3.85. The molecule has 0 bridgehead atoms. The molecule has 98 valence electrons. The number of rotatable bonds is 3. The Hall–Kier alpha value is -1.80. The maximum absolute atomic E-state index is 6.49. The molecule has 2 aromatic carbocycles. The first kappa shape index (κ1) is 12.2. The Balaban J connectivity index is 2.05. The molecule has 0 aromatic heterocycles. The molecule has 2 aromatic rings. The van der Waals surface area contributed by atoms with Gasteiger partial charge in [0, 0.05) is 12.0 Å². The van der Waals surface area contributed by atoms with Gasteiger partial charge in [0.15, 0.2) is 0 Å². The van der Waals surface area contributed by atoms with Crippen molar-refractivity contribution in [3.05, 3.63) is 64.7 Å². The third kappa shape index (κ3) is 2.13. The molecular formula is C17H19NO. The molecule has 1 aliphatic rings. The molecule has 0 spiro atoms. The number of hydrogen-bond donors (Lipinski definition) is 1. The van der Waals surface area contributed by atoms with E-state index in [1.54, 1.807) is 0 Å². The number of aryl methyl sites for hydroxylation is 1. The smallest absolute Gasteiger partial charge is 0.127 e. The van der Waals surface area contributed by atoms with Crippen molar-refractivity contribution in [3.63, 3.8) is 0 Å². The van der Waals surface area contributed by atoms with E-state index < -0.39 is 0 Å². The first-order valence-electron chi connectivity index (χ1n) is 6.89. The van der Waals surface area contributed by atoms with Crippen molar-refractivity contribution in [2.75, 3.05) is 6.61 Å². The van der Waals surface area contributed by atoms with Gasteiger partial charge in [0.1, 0.15) is 5.75 Å². The zero-order valence-corrected chi connectivity index (χ0v) is 11.2. The quantitative estimate of drug-likeness (QED) is 0.911. The van der Waals surface area contributed by atoms with Gasteiger partial charge in [-0.3, -0.25) is 0 Å². The predicted octanol–water partition coefficient (Wildman–Crippen LogP) is 3.23. The van der Waals surface area contributed by atoms with Crippen LogP contribution in [0.1, 0.15) is 35.2 Å². The zero-order chi connectivity index (χ0) is 13.2. The molecule has 3 rings (SSSR count). The van der Waals surface area contributed by atoms with E-state index in [9.17, 15) is 0 Å². The van der Waals surface area contributed by atoms with Crippen molar-refractivity contribution < 1.29 is 4.74 Å². The van der Waals surface area contributed by atoms with Crippen LogP contribution in [0.5, 0.6) is 5.75 Å². The summed E-state index contributed by atoms with van der Waals surface area (Å²) in [7, 11) is 0. The highest BCUT2D eigenvalue weighted by Gasteiger charge is 2.21. The first-order valence-corrected chi connectivity index (χ1v) is 6.89. The lowest BCUT2D eigenvalue weighted by atomic mass is 9.92. The number of nitrogens with two attached hydrogens (primary N) is 1. The van der Waals surface area contributed by atoms with Crippen LogP contribution in [0, 0.1) is 0 Å². The Kier molecular flexibility index (Phi) is 3.26. The van der Waals surface area contributed by atoms with Crippen LogP contribution in [0.4, 0.5) is 0 Å². The summed E-state index contributed by atoms with van der Waals surface area (Å²) in [4.78, 5) is 0. The molecule has 1 unspecified atom stereocenters. The van der Waals surface area contributed by atoms with Crippen LogP contribution in [0.15, 0.2) is 42.5 Å². The van der Waals surface area contributed by atoms with Crippen LogP contribution in [0.2, 0.25) is 0 Å². The molecule has 2 N–H and O–H groups in total. The highest BCUT2D eigenvalue weighted by atomic mass is 16.5. The molecule has 2 nitrogen and oxygen atoms in total. The van der Waals surface area contributed by atoms with Crippen molar-refractivity contribution in [2.45, 2.75) is 25.8 Å². The van der Waals surface area contributed by atoms with Gasteiger partial charge in [-0.1, -0.05) is 49.4 Å². The standard InChI is InChI=1S/C17H19NO/c1-2-12-6-3-4-8-14(12)16(18)15-9-5-7-13-10-11-19-17(13)15/h3-9,16H,2,10-11,18H2,1H3. The van der Waals surface area contributed by atoms with Gasteiger partial charge >= 0.3 is 0 Å². The number of benzene rings is 2. The molecule has 0 amide bonds. The number of fused-ring (bicyclic) bond motifs is 1. The van der Waals surface area contributed by atoms with E-state index in [-0.39, 0.29) is 6.04 Å². The normalized spacial score (nSPS) is 14.8. The fourth-order valence-corrected chi connectivity index (χ4v) is 2.81. The fourth-order valence-electron chi connectivity index (χ4n) is 2.81. The second-order valence-corrected chi connectivity index (χ2v) is 4.96. The lowest BCUT2D eigenvalue weighted by Gasteiger charge is -2.18. The Bertz CT molecular complexity index is 592. The molecule has 1 heterocycles. The fraction of sp³-hybridized carbons (Fsp3) is 0.294. The largest absolute Gasteiger partial charge is 0.493 e. The lowest BCUT2D eigenvalue weighted by molar-refractivity contribution is 0.352. The van der Waals surface area contributed by atoms with E-state index >= 15 is 0 Å². The summed E-state index contributed by atoms with van der Waals surface area (Å²) < 4.78 is 5.77. The molecule has 0 fully saturated rings. The molecule has 1 aliphatic heterocycles. The van der Waals surface area contributed by atoms with E-state index in [1.807, 2.05) is 0 Å². The summed E-state index contributed by atoms with van der Waals surface area (Å²) >= 11 is 0. The van der Waals surface area contributed by atoms with Gasteiger partial charge < -0.3 is 10.5 Å². The highest BCUT2D eigenvalue weighted by molar-refractivity contribution is 5.49. The number of ether oxygens (including phenoxy) is 1. The van der Waals surface area contributed by atoms with Crippen LogP contribution >= 0.6 is 0 Å². The molecule has 0 aliphatic carbocycles. The maximum Gasteiger partial charge on any atom is 0.127 e. The van der Waals surface area contributed by atoms with Gasteiger partial charge in [0.05, 0.1) is 12.6 Å². The zero-order valence-electron chi connectivity index (χ0n) is 11.2. The van der Waals surface area contributed by atoms with E-state index in [4.69, 9.17) is 10.5 Å². The third-order valence-corrected chi connectivity index (χ3v) is 3.85. The Labute approximate surface area is 114 Å². The molecule has 0 saturated heterocycles. The second kappa shape index (κ2) is 5.06. The van der Waals surface area contributed by atoms with Crippen molar-refractivity contribution in [3.8, 4) is 5.75 Å². The van der Waals surface area contributed by atoms with Crippen molar-refractivity contribution >= 4 is 0 Å². The molecule has 1 atom stereocenters. The Morgan fingerprint density at radius 3 is 2.74 bits per heavy atom. The Morgan fingerprint density at radius 1 is 1.11 bits per heavy atom. The van der Waals surface area contributed by atoms with Crippen molar-refractivity contribution in [1.29, 1.82) is 0 Å². The van der Waals surface area contributed by atoms with Crippen molar-refractivity contribution in [2.24, 2.45) is 5.73 Å². The summed E-state index contributed by atoms with van der Waals surface area (Å²) in [5.41, 5.74) is 11.4. The lowest BCUT2D eigenvalue weighted by Crippen LogP contribution is -2.14. The predicted molar refractivity (Wildman–Crippen MR) is 77.5 cm³/mol. The van der Waals surface area contributed by atoms with Gasteiger partial charge in [0.25, 0.3) is 0 Å². The van der Waals surface area contributed by atoms with E-state index in [2.05, 4.69) is 49.4 Å². The molecule has 0 radical (unpaired) electrons. The minimum absolute atomic E-state index is 0.107. The summed E-state index contributed by atoms with van der Waals surface area (Å²) in [6.07, 6.45) is 1.99. The van der Waals surface area contributed by atoms with E-state index in [0.717, 1.165) is 30.8 Å². The molecule has 2 heteroatoms. The second-order valence-electron chi connectivity index (χ2n) is 4.96. The first-order chi connectivity index (χ1) is 9.31. The van der Waals surface area contributed by atoms with Gasteiger partial charge in [-0.15, -0.1) is 0 Å². The molecule has 19 heavy (non-hydrogen) atoms. The van der Waals surface area contributed by atoms with Gasteiger partial charge in [0.2, 0.25) is 0 Å². The molecular weight excluding hydrogens is 234 g/mol. The minimum Gasteiger partial charge on any atom is -0.493 e. The number of hydrogen-bond acceptors (Lipinski definition) is 2. The Morgan fingerprint density at radius 2 is 1.89 bits per heavy atom. The van der Waals surface area contributed by atoms with Crippen LogP contribution in [-0.4, -0.2) is 6.61 Å². The van der Waals surface area contributed by atoms with Crippen molar-refractivity contribution in [1.82, 2.24) is 0 Å².